The van der Waals surface area contributed by atoms with Crippen LogP contribution in [0, 0.1) is 0 Å². The van der Waals surface area contributed by atoms with Crippen molar-refractivity contribution in [3.05, 3.63) is 51.8 Å². The standard InChI is InChI=1S/C18H24N4O3/c1-12(2)22-18(24)9-14-10-21(7-6-15(14)20-22)11-17(23)19-13(3)16-5-4-8-25-16/h4-5,8-9,12-13H,6-7,10-11H2,1-3H3,(H,19,23)/t13-/m1/s1. The molecule has 1 amide bonds. The van der Waals surface area contributed by atoms with Crippen molar-refractivity contribution in [1.29, 1.82) is 0 Å². The second-order valence-corrected chi connectivity index (χ2v) is 6.76. The molecule has 1 aliphatic heterocycles. The molecule has 1 aliphatic rings. The van der Waals surface area contributed by atoms with E-state index in [9.17, 15) is 9.59 Å². The molecule has 0 bridgehead atoms. The highest BCUT2D eigenvalue weighted by Gasteiger charge is 2.22. The summed E-state index contributed by atoms with van der Waals surface area (Å²) < 4.78 is 6.82. The van der Waals surface area contributed by atoms with E-state index in [0.29, 0.717) is 6.54 Å². The first kappa shape index (κ1) is 17.4. The van der Waals surface area contributed by atoms with Crippen molar-refractivity contribution in [1.82, 2.24) is 20.0 Å². The van der Waals surface area contributed by atoms with Crippen LogP contribution in [-0.4, -0.2) is 33.7 Å². The Balaban J connectivity index is 1.62. The summed E-state index contributed by atoms with van der Waals surface area (Å²) in [6, 6.07) is 5.17. The molecule has 0 fully saturated rings. The molecule has 25 heavy (non-hydrogen) atoms. The summed E-state index contributed by atoms with van der Waals surface area (Å²) in [5.74, 6) is 0.673. The van der Waals surface area contributed by atoms with Gasteiger partial charge in [0.15, 0.2) is 0 Å². The molecule has 0 radical (unpaired) electrons. The minimum absolute atomic E-state index is 0.0460. The molecule has 134 valence electrons. The van der Waals surface area contributed by atoms with Crippen molar-refractivity contribution in [2.24, 2.45) is 0 Å². The second kappa shape index (κ2) is 7.23. The van der Waals surface area contributed by atoms with E-state index < -0.39 is 0 Å². The lowest BCUT2D eigenvalue weighted by atomic mass is 10.1. The van der Waals surface area contributed by atoms with Gasteiger partial charge in [-0.15, -0.1) is 0 Å². The first-order chi connectivity index (χ1) is 11.9. The van der Waals surface area contributed by atoms with Crippen LogP contribution in [-0.2, 0) is 17.8 Å². The Morgan fingerprint density at radius 1 is 1.40 bits per heavy atom. The zero-order chi connectivity index (χ0) is 18.0. The van der Waals surface area contributed by atoms with Crippen LogP contribution in [0.1, 0.15) is 49.9 Å². The van der Waals surface area contributed by atoms with Crippen LogP contribution >= 0.6 is 0 Å². The molecule has 0 spiro atoms. The van der Waals surface area contributed by atoms with Gasteiger partial charge in [-0.3, -0.25) is 14.5 Å². The van der Waals surface area contributed by atoms with Crippen LogP contribution in [0.2, 0.25) is 0 Å². The SMILES string of the molecule is CC(C)n1nc2c(cc1=O)CN(CC(=O)N[C@H](C)c1ccco1)CC2. The molecular weight excluding hydrogens is 320 g/mol. The van der Waals surface area contributed by atoms with Crippen molar-refractivity contribution in [2.45, 2.75) is 45.8 Å². The van der Waals surface area contributed by atoms with Crippen LogP contribution in [0.3, 0.4) is 0 Å². The predicted molar refractivity (Wildman–Crippen MR) is 93.1 cm³/mol. The van der Waals surface area contributed by atoms with Crippen molar-refractivity contribution < 1.29 is 9.21 Å². The molecule has 0 unspecified atom stereocenters. The Morgan fingerprint density at radius 2 is 2.20 bits per heavy atom. The summed E-state index contributed by atoms with van der Waals surface area (Å²) in [4.78, 5) is 26.4. The average Bonchev–Trinajstić information content (AvgIpc) is 3.08. The van der Waals surface area contributed by atoms with E-state index in [1.807, 2.05) is 31.7 Å². The summed E-state index contributed by atoms with van der Waals surface area (Å²) >= 11 is 0. The number of hydrogen-bond donors (Lipinski definition) is 1. The minimum atomic E-state index is -0.167. The van der Waals surface area contributed by atoms with Gasteiger partial charge in [0, 0.05) is 25.6 Å². The van der Waals surface area contributed by atoms with Gasteiger partial charge in [-0.25, -0.2) is 4.68 Å². The van der Waals surface area contributed by atoms with Gasteiger partial charge in [0.1, 0.15) is 5.76 Å². The first-order valence-corrected chi connectivity index (χ1v) is 8.60. The summed E-state index contributed by atoms with van der Waals surface area (Å²) in [5, 5.41) is 7.41. The molecule has 7 heteroatoms. The fourth-order valence-electron chi connectivity index (χ4n) is 3.08. The lowest BCUT2D eigenvalue weighted by Gasteiger charge is -2.28. The molecular formula is C18H24N4O3. The fraction of sp³-hybridized carbons (Fsp3) is 0.500. The first-order valence-electron chi connectivity index (χ1n) is 8.60. The zero-order valence-electron chi connectivity index (χ0n) is 14.9. The van der Waals surface area contributed by atoms with Crippen molar-refractivity contribution in [3.8, 4) is 0 Å². The lowest BCUT2D eigenvalue weighted by molar-refractivity contribution is -0.123. The van der Waals surface area contributed by atoms with E-state index in [1.165, 1.54) is 4.68 Å². The van der Waals surface area contributed by atoms with Gasteiger partial charge < -0.3 is 9.73 Å². The molecule has 2 aromatic heterocycles. The van der Waals surface area contributed by atoms with E-state index in [0.717, 1.165) is 30.0 Å². The summed E-state index contributed by atoms with van der Waals surface area (Å²) in [6.07, 6.45) is 2.33. The van der Waals surface area contributed by atoms with Crippen LogP contribution in [0.15, 0.2) is 33.7 Å². The Kier molecular flexibility index (Phi) is 5.03. The van der Waals surface area contributed by atoms with Gasteiger partial charge in [0.05, 0.1) is 30.6 Å². The summed E-state index contributed by atoms with van der Waals surface area (Å²) in [5.41, 5.74) is 1.78. The Labute approximate surface area is 146 Å². The molecule has 1 atom stereocenters. The van der Waals surface area contributed by atoms with Crippen LogP contribution in [0.5, 0.6) is 0 Å². The van der Waals surface area contributed by atoms with Gasteiger partial charge in [-0.2, -0.15) is 5.10 Å². The highest BCUT2D eigenvalue weighted by molar-refractivity contribution is 5.78. The summed E-state index contributed by atoms with van der Waals surface area (Å²) in [7, 11) is 0. The Hall–Kier alpha value is -2.41. The molecule has 0 aliphatic carbocycles. The molecule has 2 aromatic rings. The number of carbonyl (C=O) groups is 1. The van der Waals surface area contributed by atoms with E-state index >= 15 is 0 Å². The summed E-state index contributed by atoms with van der Waals surface area (Å²) in [6.45, 7) is 7.39. The van der Waals surface area contributed by atoms with Gasteiger partial charge in [0.25, 0.3) is 5.56 Å². The van der Waals surface area contributed by atoms with Crippen LogP contribution in [0.25, 0.3) is 0 Å². The number of furan rings is 1. The van der Waals surface area contributed by atoms with E-state index in [2.05, 4.69) is 10.4 Å². The Bertz CT molecular complexity index is 795. The number of aromatic nitrogens is 2. The number of carbonyl (C=O) groups excluding carboxylic acids is 1. The topological polar surface area (TPSA) is 80.4 Å². The van der Waals surface area contributed by atoms with Gasteiger partial charge in [-0.1, -0.05) is 0 Å². The number of nitrogens with one attached hydrogen (secondary N) is 1. The molecule has 3 rings (SSSR count). The highest BCUT2D eigenvalue weighted by Crippen LogP contribution is 2.16. The van der Waals surface area contributed by atoms with Gasteiger partial charge in [0.2, 0.25) is 5.91 Å². The van der Waals surface area contributed by atoms with Gasteiger partial charge in [-0.05, 0) is 38.5 Å². The van der Waals surface area contributed by atoms with Crippen LogP contribution in [0.4, 0.5) is 0 Å². The quantitative estimate of drug-likeness (QED) is 0.892. The van der Waals surface area contributed by atoms with E-state index in [1.54, 1.807) is 18.4 Å². The second-order valence-electron chi connectivity index (χ2n) is 6.76. The van der Waals surface area contributed by atoms with Crippen molar-refractivity contribution in [3.63, 3.8) is 0 Å². The number of amides is 1. The third-order valence-corrected chi connectivity index (χ3v) is 4.39. The fourth-order valence-corrected chi connectivity index (χ4v) is 3.08. The number of rotatable bonds is 5. The molecule has 0 aromatic carbocycles. The molecule has 1 N–H and O–H groups in total. The monoisotopic (exact) mass is 344 g/mol. The average molecular weight is 344 g/mol. The molecule has 3 heterocycles. The maximum absolute atomic E-state index is 12.3. The largest absolute Gasteiger partial charge is 0.467 e. The molecule has 0 saturated heterocycles. The highest BCUT2D eigenvalue weighted by atomic mass is 16.3. The van der Waals surface area contributed by atoms with Gasteiger partial charge >= 0.3 is 0 Å². The van der Waals surface area contributed by atoms with Crippen LogP contribution < -0.4 is 10.9 Å². The van der Waals surface area contributed by atoms with Crippen molar-refractivity contribution >= 4 is 5.91 Å². The third kappa shape index (κ3) is 3.99. The molecule has 7 nitrogen and oxygen atoms in total. The van der Waals surface area contributed by atoms with Crippen molar-refractivity contribution in [2.75, 3.05) is 13.1 Å². The smallest absolute Gasteiger partial charge is 0.267 e. The Morgan fingerprint density at radius 3 is 2.88 bits per heavy atom. The maximum atomic E-state index is 12.3. The third-order valence-electron chi connectivity index (χ3n) is 4.39. The normalized spacial score (nSPS) is 15.8. The minimum Gasteiger partial charge on any atom is -0.467 e. The lowest BCUT2D eigenvalue weighted by Crippen LogP contribution is -2.41. The number of fused-ring (bicyclic) bond motifs is 1. The van der Waals surface area contributed by atoms with E-state index in [4.69, 9.17) is 4.42 Å². The van der Waals surface area contributed by atoms with E-state index in [-0.39, 0.29) is 30.1 Å². The predicted octanol–water partition coefficient (Wildman–Crippen LogP) is 1.65. The maximum Gasteiger partial charge on any atom is 0.267 e. The number of nitrogens with zero attached hydrogens (tertiary/aromatic N) is 3. The molecule has 0 saturated carbocycles. The zero-order valence-corrected chi connectivity index (χ0v) is 14.9. The number of hydrogen-bond acceptors (Lipinski definition) is 5.